The van der Waals surface area contributed by atoms with Crippen molar-refractivity contribution in [1.29, 1.82) is 0 Å². The second-order valence-corrected chi connectivity index (χ2v) is 13.0. The van der Waals surface area contributed by atoms with E-state index in [0.29, 0.717) is 0 Å². The van der Waals surface area contributed by atoms with Crippen molar-refractivity contribution in [3.8, 4) is 11.5 Å². The largest absolute Gasteiger partial charge is 0.457 e. The van der Waals surface area contributed by atoms with Crippen LogP contribution in [0.2, 0.25) is 0 Å². The Kier molecular flexibility index (Phi) is 7.56. The maximum atomic E-state index is 6.04. The number of ether oxygens (including phenoxy) is 1. The minimum atomic E-state index is 0.0183. The van der Waals surface area contributed by atoms with Crippen LogP contribution in [0.25, 0.3) is 0 Å². The second-order valence-electron chi connectivity index (χ2n) is 7.76. The summed E-state index contributed by atoms with van der Waals surface area (Å²) in [4.78, 5) is 6.55. The lowest BCUT2D eigenvalue weighted by atomic mass is 10.2. The third kappa shape index (κ3) is 5.94. The molecule has 162 valence electrons. The summed E-state index contributed by atoms with van der Waals surface area (Å²) in [6, 6.07) is 34.5. The molecule has 4 rings (SSSR count). The Morgan fingerprint density at radius 1 is 0.531 bits per heavy atom. The number of rotatable bonds is 7. The summed E-state index contributed by atoms with van der Waals surface area (Å²) in [7, 11) is 0.289. The lowest BCUT2D eigenvalue weighted by Crippen LogP contribution is -2.00. The van der Waals surface area contributed by atoms with Crippen LogP contribution in [0.3, 0.4) is 0 Å². The molecule has 1 atom stereocenters. The highest BCUT2D eigenvalue weighted by molar-refractivity contribution is 7.99. The first-order valence-corrected chi connectivity index (χ1v) is 14.9. The lowest BCUT2D eigenvalue weighted by molar-refractivity contribution is 0.482. The molecule has 0 saturated carbocycles. The van der Waals surface area contributed by atoms with Crippen LogP contribution in [-0.2, 0) is 21.8 Å². The Bertz CT molecular complexity index is 1130. The van der Waals surface area contributed by atoms with Crippen LogP contribution in [0.5, 0.6) is 11.5 Å². The highest BCUT2D eigenvalue weighted by atomic mass is 32.2. The molecule has 0 saturated heterocycles. The molecule has 0 aliphatic heterocycles. The fourth-order valence-corrected chi connectivity index (χ4v) is 6.08. The van der Waals surface area contributed by atoms with Gasteiger partial charge >= 0.3 is 0 Å². The fourth-order valence-electron chi connectivity index (χ4n) is 3.22. The summed E-state index contributed by atoms with van der Waals surface area (Å²) in [6.45, 7) is 2.12. The van der Waals surface area contributed by atoms with E-state index in [1.54, 1.807) is 11.8 Å². The van der Waals surface area contributed by atoms with Crippen LogP contribution >= 0.6 is 11.8 Å². The van der Waals surface area contributed by atoms with E-state index in [9.17, 15) is 0 Å². The van der Waals surface area contributed by atoms with Crippen LogP contribution in [0.4, 0.5) is 0 Å². The average molecular weight is 477 g/mol. The molecule has 0 amide bonds. The van der Waals surface area contributed by atoms with Crippen LogP contribution in [-0.4, -0.2) is 18.8 Å². The first kappa shape index (κ1) is 22.9. The molecule has 0 spiro atoms. The number of hydrogen-bond donors (Lipinski definition) is 0. The predicted octanol–water partition coefficient (Wildman–Crippen LogP) is 7.84. The van der Waals surface area contributed by atoms with Crippen molar-refractivity contribution in [3.63, 3.8) is 0 Å². The quantitative estimate of drug-likeness (QED) is 0.251. The Balaban J connectivity index is 1.39. The maximum absolute atomic E-state index is 6.04. The van der Waals surface area contributed by atoms with E-state index in [-0.39, 0.29) is 21.8 Å². The van der Waals surface area contributed by atoms with E-state index < -0.39 is 0 Å². The number of aryl methyl sites for hydroxylation is 1. The molecular weight excluding hydrogens is 449 g/mol. The van der Waals surface area contributed by atoms with E-state index in [4.69, 9.17) is 4.74 Å². The zero-order valence-electron chi connectivity index (χ0n) is 18.9. The van der Waals surface area contributed by atoms with Gasteiger partial charge in [-0.25, -0.2) is 0 Å². The van der Waals surface area contributed by atoms with Crippen molar-refractivity contribution in [1.82, 2.24) is 0 Å². The molecule has 0 radical (unpaired) electrons. The molecule has 0 aliphatic carbocycles. The minimum Gasteiger partial charge on any atom is -0.457 e. The molecule has 4 aromatic carbocycles. The molecule has 1 unspecified atom stereocenters. The Morgan fingerprint density at radius 2 is 0.938 bits per heavy atom. The molecule has 32 heavy (non-hydrogen) atoms. The number of benzene rings is 4. The van der Waals surface area contributed by atoms with Crippen LogP contribution in [0.1, 0.15) is 5.56 Å². The summed E-state index contributed by atoms with van der Waals surface area (Å²) < 4.78 is 6.04. The van der Waals surface area contributed by atoms with Gasteiger partial charge in [-0.3, -0.25) is 0 Å². The molecule has 4 aromatic rings. The zero-order valence-corrected chi connectivity index (χ0v) is 21.3. The van der Waals surface area contributed by atoms with Gasteiger partial charge in [-0.2, -0.15) is 0 Å². The fraction of sp³-hybridized carbons (Fsp3) is 0.143. The van der Waals surface area contributed by atoms with Crippen LogP contribution in [0.15, 0.2) is 122 Å². The van der Waals surface area contributed by atoms with E-state index in [1.165, 1.54) is 30.0 Å². The third-order valence-electron chi connectivity index (χ3n) is 5.14. The van der Waals surface area contributed by atoms with Crippen molar-refractivity contribution >= 4 is 33.6 Å². The maximum Gasteiger partial charge on any atom is 0.160 e. The van der Waals surface area contributed by atoms with E-state index in [1.807, 2.05) is 0 Å². The van der Waals surface area contributed by atoms with Crippen LogP contribution in [0, 0.1) is 6.92 Å². The topological polar surface area (TPSA) is 9.23 Å². The molecule has 0 aromatic heterocycles. The predicted molar refractivity (Wildman–Crippen MR) is 142 cm³/mol. The van der Waals surface area contributed by atoms with Gasteiger partial charge in [0.1, 0.15) is 30.3 Å². The summed E-state index contributed by atoms with van der Waals surface area (Å²) in [5.41, 5.74) is 1.29. The van der Waals surface area contributed by atoms with Gasteiger partial charge in [-0.1, -0.05) is 29.5 Å². The zero-order chi connectivity index (χ0) is 22.5. The molecule has 0 bridgehead atoms. The normalized spacial score (nSPS) is 12.0. The average Bonchev–Trinajstić information content (AvgIpc) is 2.81. The Labute approximate surface area is 201 Å². The van der Waals surface area contributed by atoms with Crippen LogP contribution < -0.4 is 4.74 Å². The SMILES string of the molecule is Cc1ccc(Sc2ccc([S+](C)c3ccc(Oc4ccc([S+](C)C)cc4)cc3)cc2)cc1. The van der Waals surface area contributed by atoms with E-state index in [2.05, 4.69) is 123 Å². The molecule has 4 heteroatoms. The van der Waals surface area contributed by atoms with Gasteiger partial charge in [0.25, 0.3) is 0 Å². The van der Waals surface area contributed by atoms with E-state index >= 15 is 0 Å². The lowest BCUT2D eigenvalue weighted by Gasteiger charge is -2.08. The highest BCUT2D eigenvalue weighted by Crippen LogP contribution is 2.31. The van der Waals surface area contributed by atoms with Gasteiger partial charge in [0.15, 0.2) is 14.7 Å². The van der Waals surface area contributed by atoms with Gasteiger partial charge in [0.05, 0.1) is 10.9 Å². The molecule has 0 N–H and O–H groups in total. The number of hydrogen-bond acceptors (Lipinski definition) is 2. The highest BCUT2D eigenvalue weighted by Gasteiger charge is 2.19. The molecular formula is C28H28OS3+2. The van der Waals surface area contributed by atoms with Gasteiger partial charge in [-0.05, 0) is 91.9 Å². The summed E-state index contributed by atoms with van der Waals surface area (Å²) in [5, 5.41) is 0. The molecule has 0 heterocycles. The summed E-state index contributed by atoms with van der Waals surface area (Å²) in [5.74, 6) is 1.75. The summed E-state index contributed by atoms with van der Waals surface area (Å²) in [6.07, 6.45) is 6.74. The van der Waals surface area contributed by atoms with Crippen molar-refractivity contribution in [3.05, 3.63) is 103 Å². The first-order chi connectivity index (χ1) is 15.5. The molecule has 0 fully saturated rings. The Hall–Kier alpha value is -2.27. The molecule has 1 nitrogen and oxygen atoms in total. The van der Waals surface area contributed by atoms with Crippen molar-refractivity contribution in [2.45, 2.75) is 31.4 Å². The molecule has 0 aliphatic rings. The van der Waals surface area contributed by atoms with Gasteiger partial charge < -0.3 is 4.74 Å². The van der Waals surface area contributed by atoms with E-state index in [0.717, 1.165) is 11.5 Å². The van der Waals surface area contributed by atoms with Crippen molar-refractivity contribution in [2.75, 3.05) is 18.8 Å². The smallest absolute Gasteiger partial charge is 0.160 e. The monoisotopic (exact) mass is 476 g/mol. The van der Waals surface area contributed by atoms with Gasteiger partial charge in [0.2, 0.25) is 0 Å². The summed E-state index contributed by atoms with van der Waals surface area (Å²) >= 11 is 1.80. The third-order valence-corrected chi connectivity index (χ3v) is 9.33. The second kappa shape index (κ2) is 10.6. The standard InChI is InChI=1S/C28H28OS3/c1-21-5-11-24(12-6-21)30-25-13-19-28(20-14-25)32(4)27-17-9-23(10-18-27)29-22-7-15-26(16-8-22)31(2)3/h5-20H,1-4H3/q+2. The Morgan fingerprint density at radius 3 is 1.41 bits per heavy atom. The minimum absolute atomic E-state index is 0.0183. The van der Waals surface area contributed by atoms with Gasteiger partial charge in [-0.15, -0.1) is 0 Å². The first-order valence-electron chi connectivity index (χ1n) is 10.4. The van der Waals surface area contributed by atoms with Crippen molar-refractivity contribution < 1.29 is 4.74 Å². The van der Waals surface area contributed by atoms with Crippen molar-refractivity contribution in [2.24, 2.45) is 0 Å². The van der Waals surface area contributed by atoms with Gasteiger partial charge in [0, 0.05) is 20.7 Å².